The zero-order chi connectivity index (χ0) is 46.9. The van der Waals surface area contributed by atoms with Gasteiger partial charge in [-0.15, -0.1) is 0 Å². The maximum atomic E-state index is 14.8. The van der Waals surface area contributed by atoms with E-state index in [1.165, 1.54) is 26.4 Å². The van der Waals surface area contributed by atoms with Gasteiger partial charge >= 0.3 is 0 Å². The molecule has 358 valence electrons. The summed E-state index contributed by atoms with van der Waals surface area (Å²) in [4.78, 5) is 27.4. The van der Waals surface area contributed by atoms with Gasteiger partial charge in [0.2, 0.25) is 0 Å². The minimum atomic E-state index is -1.27. The molecule has 3 aromatic carbocycles. The van der Waals surface area contributed by atoms with E-state index < -0.39 is 29.6 Å². The minimum absolute atomic E-state index is 0.0472. The van der Waals surface area contributed by atoms with Gasteiger partial charge in [0, 0.05) is 43.7 Å². The van der Waals surface area contributed by atoms with Crippen LogP contribution in [0.15, 0.2) is 90.3 Å². The summed E-state index contributed by atoms with van der Waals surface area (Å²) >= 11 is 0. The number of dihydropyridines is 1. The van der Waals surface area contributed by atoms with Gasteiger partial charge in [-0.1, -0.05) is 79.0 Å². The number of Topliss-reactive ketones (excluding diaryl/α,β-unsaturated/α-hetero) is 2. The Bertz CT molecular complexity index is 2630. The zero-order valence-corrected chi connectivity index (χ0v) is 39.4. The number of fused-ring (bicyclic) bond motifs is 6. The second-order valence-electron chi connectivity index (χ2n) is 22.1. The molecule has 11 rings (SSSR count). The number of rotatable bonds is 9. The number of nitrogens with two attached hydrogens (primary N) is 1. The Hall–Kier alpha value is -4.92. The van der Waals surface area contributed by atoms with Gasteiger partial charge in [0.25, 0.3) is 0 Å². The van der Waals surface area contributed by atoms with Crippen LogP contribution in [0.5, 0.6) is 11.5 Å². The first-order valence-electron chi connectivity index (χ1n) is 25.8. The summed E-state index contributed by atoms with van der Waals surface area (Å²) in [6.45, 7) is 1.52. The van der Waals surface area contributed by atoms with E-state index in [0.717, 1.165) is 53.3 Å². The Labute approximate surface area is 400 Å². The molecular formula is C58H69N3O7. The van der Waals surface area contributed by atoms with Crippen molar-refractivity contribution < 1.29 is 34.8 Å². The van der Waals surface area contributed by atoms with Crippen molar-refractivity contribution in [2.45, 2.75) is 126 Å². The lowest BCUT2D eigenvalue weighted by Crippen LogP contribution is -2.65. The lowest BCUT2D eigenvalue weighted by Gasteiger charge is -2.65. The maximum absolute atomic E-state index is 14.8. The van der Waals surface area contributed by atoms with Crippen molar-refractivity contribution in [3.63, 3.8) is 0 Å². The number of ether oxygens (including phenoxy) is 1. The van der Waals surface area contributed by atoms with Crippen LogP contribution in [0.3, 0.4) is 0 Å². The molecule has 2 spiro atoms. The molecule has 4 saturated carbocycles. The van der Waals surface area contributed by atoms with E-state index >= 15 is 0 Å². The molecule has 2 bridgehead atoms. The van der Waals surface area contributed by atoms with Crippen LogP contribution in [-0.4, -0.2) is 76.5 Å². The van der Waals surface area contributed by atoms with Gasteiger partial charge in [-0.2, -0.15) is 0 Å². The number of aliphatic hydroxyl groups is 3. The molecule has 2 aliphatic heterocycles. The van der Waals surface area contributed by atoms with Crippen molar-refractivity contribution in [1.82, 2.24) is 10.6 Å². The first kappa shape index (κ1) is 45.5. The summed E-state index contributed by atoms with van der Waals surface area (Å²) in [6.07, 6.45) is 15.4. The quantitative estimate of drug-likeness (QED) is 0.0843. The summed E-state index contributed by atoms with van der Waals surface area (Å²) in [7, 11) is 1.50. The van der Waals surface area contributed by atoms with E-state index in [2.05, 4.69) is 71.0 Å². The van der Waals surface area contributed by atoms with E-state index in [1.807, 2.05) is 18.2 Å². The molecule has 0 unspecified atom stereocenters. The number of ketones is 2. The van der Waals surface area contributed by atoms with Crippen molar-refractivity contribution in [2.75, 3.05) is 20.2 Å². The molecule has 15 atom stereocenters. The van der Waals surface area contributed by atoms with Gasteiger partial charge < -0.3 is 41.5 Å². The third-order valence-corrected chi connectivity index (χ3v) is 19.0. The predicted octanol–water partition coefficient (Wildman–Crippen LogP) is 7.49. The number of allylic oxidation sites excluding steroid dienone is 4. The number of phenols is 1. The number of benzene rings is 3. The normalized spacial score (nSPS) is 36.4. The van der Waals surface area contributed by atoms with E-state index in [-0.39, 0.29) is 48.0 Å². The van der Waals surface area contributed by atoms with E-state index in [1.54, 1.807) is 12.1 Å². The summed E-state index contributed by atoms with van der Waals surface area (Å²) in [5.74, 6) is 10.4. The Kier molecular flexibility index (Phi) is 12.1. The SMILES string of the molecule is COc1cc2c(cc1O)[C@@H](C[C@H](O)[C@H](O)C[C@H](C1=CCNC(N)=C1)c1ccc3ccccc3c1)C#C[C@]1(CC[C@@H]([C@H]3[C@@H]4C=C[C@H]5CCC[C@]35[C@@H]3CN[C@@H]5CC(=O)CC[C@@H]5[C@H]3C4)C[C@H]1O)C(=O)CC2. The molecule has 8 N–H and O–H groups in total. The topological polar surface area (TPSA) is 174 Å². The van der Waals surface area contributed by atoms with Crippen LogP contribution in [0.25, 0.3) is 10.8 Å². The maximum Gasteiger partial charge on any atom is 0.160 e. The van der Waals surface area contributed by atoms with Gasteiger partial charge in [0.1, 0.15) is 11.2 Å². The Morgan fingerprint density at radius 3 is 2.62 bits per heavy atom. The number of piperidine rings is 1. The Balaban J connectivity index is 0.882. The summed E-state index contributed by atoms with van der Waals surface area (Å²) in [6, 6.07) is 18.2. The Morgan fingerprint density at radius 2 is 1.79 bits per heavy atom. The fourth-order valence-corrected chi connectivity index (χ4v) is 15.9. The molecule has 2 heterocycles. The van der Waals surface area contributed by atoms with E-state index in [9.17, 15) is 30.0 Å². The molecule has 10 nitrogen and oxygen atoms in total. The van der Waals surface area contributed by atoms with E-state index in [4.69, 9.17) is 10.5 Å². The molecule has 3 aromatic rings. The molecule has 0 aromatic heterocycles. The predicted molar refractivity (Wildman–Crippen MR) is 262 cm³/mol. The Morgan fingerprint density at radius 1 is 0.941 bits per heavy atom. The van der Waals surface area contributed by atoms with Gasteiger partial charge in [-0.05, 0) is 169 Å². The third kappa shape index (κ3) is 7.80. The molecule has 1 saturated heterocycles. The first-order chi connectivity index (χ1) is 32.9. The van der Waals surface area contributed by atoms with Crippen molar-refractivity contribution >= 4 is 22.3 Å². The fourth-order valence-electron chi connectivity index (χ4n) is 15.9. The van der Waals surface area contributed by atoms with Crippen molar-refractivity contribution in [1.29, 1.82) is 0 Å². The zero-order valence-electron chi connectivity index (χ0n) is 39.4. The number of aryl methyl sites for hydroxylation is 1. The van der Waals surface area contributed by atoms with Crippen molar-refractivity contribution in [2.24, 2.45) is 58.0 Å². The molecule has 6 aliphatic carbocycles. The van der Waals surface area contributed by atoms with Gasteiger partial charge in [-0.25, -0.2) is 0 Å². The molecule has 0 amide bonds. The van der Waals surface area contributed by atoms with Gasteiger partial charge in [-0.3, -0.25) is 9.59 Å². The second-order valence-corrected chi connectivity index (χ2v) is 22.1. The number of carbonyl (C=O) groups excluding carboxylic acids is 2. The van der Waals surface area contributed by atoms with Gasteiger partial charge in [0.15, 0.2) is 17.3 Å². The lowest BCUT2D eigenvalue weighted by atomic mass is 9.41. The number of hydrogen-bond donors (Lipinski definition) is 7. The van der Waals surface area contributed by atoms with Crippen LogP contribution in [0.2, 0.25) is 0 Å². The third-order valence-electron chi connectivity index (χ3n) is 19.0. The number of aromatic hydroxyl groups is 1. The molecule has 8 aliphatic rings. The highest BCUT2D eigenvalue weighted by Gasteiger charge is 2.65. The molecule has 68 heavy (non-hydrogen) atoms. The number of phenolic OH excluding ortho intramolecular Hbond substituents is 1. The molecular weight excluding hydrogens is 851 g/mol. The highest BCUT2D eigenvalue weighted by atomic mass is 16.5. The van der Waals surface area contributed by atoms with Crippen molar-refractivity contribution in [3.05, 3.63) is 107 Å². The van der Waals surface area contributed by atoms with E-state index in [0.29, 0.717) is 103 Å². The van der Waals surface area contributed by atoms with Crippen LogP contribution >= 0.6 is 0 Å². The highest BCUT2D eigenvalue weighted by molar-refractivity contribution is 5.89. The van der Waals surface area contributed by atoms with Crippen LogP contribution in [-0.2, 0) is 16.0 Å². The average molecular weight is 920 g/mol. The van der Waals surface area contributed by atoms with Crippen LogP contribution < -0.4 is 21.1 Å². The average Bonchev–Trinajstić information content (AvgIpc) is 3.78. The number of methoxy groups -OCH3 is 1. The molecule has 10 heteroatoms. The van der Waals surface area contributed by atoms with Crippen LogP contribution in [0, 0.1) is 64.1 Å². The smallest absolute Gasteiger partial charge is 0.160 e. The fraction of sp³-hybridized carbons (Fsp3) is 0.552. The minimum Gasteiger partial charge on any atom is -0.504 e. The lowest BCUT2D eigenvalue weighted by molar-refractivity contribution is -0.154. The number of aliphatic hydroxyl groups excluding tert-OH is 3. The van der Waals surface area contributed by atoms with Crippen molar-refractivity contribution in [3.8, 4) is 23.3 Å². The van der Waals surface area contributed by atoms with Gasteiger partial charge in [0.05, 0.1) is 31.2 Å². The number of hydrogen-bond acceptors (Lipinski definition) is 10. The number of carbonyl (C=O) groups is 2. The summed E-state index contributed by atoms with van der Waals surface area (Å²) in [5.41, 5.74) is 8.59. The summed E-state index contributed by atoms with van der Waals surface area (Å²) in [5, 5.41) is 57.2. The van der Waals surface area contributed by atoms with Crippen LogP contribution in [0.4, 0.5) is 0 Å². The molecule has 0 radical (unpaired) electrons. The first-order valence-corrected chi connectivity index (χ1v) is 25.8. The monoisotopic (exact) mass is 920 g/mol. The standard InChI is InChI=1S/C58H69N3O7/c1-68-52-26-36-11-15-53(66)57(21-17-40(27-54(57)67)56-39-10-12-41-7-4-19-58(41,56)47-32-61-48-29-42(62)13-14-43(48)46(47)24-39)20-16-37(45(36)31-51(52)65)25-49(63)50(64)30-44(38-18-22-60-55(59)28-38)35-9-8-33-5-2-3-6-34(33)23-35/h2-3,5-6,8-10,12,18,23,26,28,31,37,39-41,43-44,46-50,54,56,60-61,63-65,67H,4,7,11,13-15,17,19,21-22,24-25,27,29-30,32,59H2,1H3/t37-,39-,40-,41-,43-,44+,46-,47-,48-,49+,50-,54-,56-,57+,58+/m1/s1. The highest BCUT2D eigenvalue weighted by Crippen LogP contribution is 2.69. The molecule has 5 fully saturated rings. The largest absolute Gasteiger partial charge is 0.504 e. The number of nitrogens with one attached hydrogen (secondary N) is 2. The summed E-state index contributed by atoms with van der Waals surface area (Å²) < 4.78 is 5.55. The second kappa shape index (κ2) is 18.1. The van der Waals surface area contributed by atoms with Crippen LogP contribution in [0.1, 0.15) is 112 Å².